The third kappa shape index (κ3) is 2.58. The molecule has 4 aliphatic rings. The average molecular weight is 448 g/mol. The van der Waals surface area contributed by atoms with Gasteiger partial charge in [-0.25, -0.2) is 4.90 Å². The molecular weight excluding hydrogens is 428 g/mol. The van der Waals surface area contributed by atoms with Gasteiger partial charge in [0.05, 0.1) is 17.5 Å². The number of rotatable bonds is 3. The average Bonchev–Trinajstić information content (AvgIpc) is 3.37. The van der Waals surface area contributed by atoms with Crippen LogP contribution in [0.3, 0.4) is 0 Å². The summed E-state index contributed by atoms with van der Waals surface area (Å²) < 4.78 is 11.1. The van der Waals surface area contributed by atoms with Gasteiger partial charge < -0.3 is 20.5 Å². The van der Waals surface area contributed by atoms with Gasteiger partial charge in [0.25, 0.3) is 0 Å². The van der Waals surface area contributed by atoms with Crippen molar-refractivity contribution in [3.63, 3.8) is 0 Å². The second kappa shape index (κ2) is 6.79. The molecule has 0 aliphatic carbocycles. The Kier molecular flexibility index (Phi) is 4.06. The van der Waals surface area contributed by atoms with E-state index >= 15 is 0 Å². The zero-order chi connectivity index (χ0) is 22.9. The summed E-state index contributed by atoms with van der Waals surface area (Å²) in [6, 6.07) is 11.1. The van der Waals surface area contributed by atoms with E-state index < -0.39 is 47.0 Å². The Bertz CT molecular complexity index is 1250. The number of benzene rings is 2. The molecule has 4 aliphatic heterocycles. The van der Waals surface area contributed by atoms with Gasteiger partial charge in [-0.2, -0.15) is 0 Å². The van der Waals surface area contributed by atoms with Crippen LogP contribution >= 0.6 is 0 Å². The summed E-state index contributed by atoms with van der Waals surface area (Å²) in [5.41, 5.74) is 5.43. The number of imide groups is 1. The van der Waals surface area contributed by atoms with Crippen molar-refractivity contribution in [3.8, 4) is 11.5 Å². The predicted molar refractivity (Wildman–Crippen MR) is 114 cm³/mol. The standard InChI is InChI=1S/C23H20N4O6/c24-17(28)10-14-18-19(23(26-14)12-3-1-2-4-13(12)25-22(23)31)21(30)27(20(18)29)11-5-6-15-16(9-11)33-8-7-32-15/h1-6,9,14,18-19,26H,7-8,10H2,(H2,24,28)(H,25,31)/t14-,18+,19-,23-/m0/s1. The Balaban J connectivity index is 1.48. The lowest BCUT2D eigenvalue weighted by Crippen LogP contribution is -2.53. The van der Waals surface area contributed by atoms with E-state index in [2.05, 4.69) is 10.6 Å². The number of carbonyl (C=O) groups is 4. The summed E-state index contributed by atoms with van der Waals surface area (Å²) in [5, 5.41) is 5.97. The normalized spacial score (nSPS) is 29.3. The van der Waals surface area contributed by atoms with Crippen molar-refractivity contribution >= 4 is 35.0 Å². The second-order valence-corrected chi connectivity index (χ2v) is 8.57. The summed E-state index contributed by atoms with van der Waals surface area (Å²) in [7, 11) is 0. The van der Waals surface area contributed by atoms with Crippen LogP contribution in [-0.2, 0) is 24.7 Å². The van der Waals surface area contributed by atoms with Gasteiger partial charge in [0, 0.05) is 29.8 Å². The van der Waals surface area contributed by atoms with Crippen molar-refractivity contribution in [1.82, 2.24) is 5.32 Å². The van der Waals surface area contributed by atoms with Crippen molar-refractivity contribution in [3.05, 3.63) is 48.0 Å². The maximum Gasteiger partial charge on any atom is 0.250 e. The molecule has 0 unspecified atom stereocenters. The van der Waals surface area contributed by atoms with Crippen LogP contribution in [0.25, 0.3) is 0 Å². The lowest BCUT2D eigenvalue weighted by atomic mass is 9.76. The zero-order valence-electron chi connectivity index (χ0n) is 17.4. The molecule has 6 rings (SSSR count). The van der Waals surface area contributed by atoms with E-state index in [-0.39, 0.29) is 6.42 Å². The van der Waals surface area contributed by atoms with Crippen LogP contribution in [0.4, 0.5) is 11.4 Å². The number of primary amides is 1. The van der Waals surface area contributed by atoms with Gasteiger partial charge in [-0.05, 0) is 18.2 Å². The predicted octanol–water partition coefficient (Wildman–Crippen LogP) is 0.258. The highest BCUT2D eigenvalue weighted by atomic mass is 16.6. The van der Waals surface area contributed by atoms with E-state index in [9.17, 15) is 19.2 Å². The van der Waals surface area contributed by atoms with Gasteiger partial charge in [0.2, 0.25) is 23.6 Å². The van der Waals surface area contributed by atoms with Crippen LogP contribution in [0.1, 0.15) is 12.0 Å². The van der Waals surface area contributed by atoms with E-state index in [4.69, 9.17) is 15.2 Å². The van der Waals surface area contributed by atoms with Crippen LogP contribution in [0.5, 0.6) is 11.5 Å². The highest BCUT2D eigenvalue weighted by molar-refractivity contribution is 6.26. The molecule has 10 heteroatoms. The van der Waals surface area contributed by atoms with Gasteiger partial charge in [-0.15, -0.1) is 0 Å². The minimum atomic E-state index is -1.48. The number of amides is 4. The summed E-state index contributed by atoms with van der Waals surface area (Å²) in [6.45, 7) is 0.768. The highest BCUT2D eigenvalue weighted by Gasteiger charge is 2.70. The fourth-order valence-corrected chi connectivity index (χ4v) is 5.58. The molecule has 1 spiro atoms. The van der Waals surface area contributed by atoms with Gasteiger partial charge in [-0.1, -0.05) is 18.2 Å². The molecule has 4 N–H and O–H groups in total. The lowest BCUT2D eigenvalue weighted by Gasteiger charge is -2.29. The maximum atomic E-state index is 13.8. The second-order valence-electron chi connectivity index (χ2n) is 8.57. The van der Waals surface area contributed by atoms with Gasteiger partial charge in [0.1, 0.15) is 18.8 Å². The SMILES string of the molecule is NC(=O)C[C@@H]1N[C@]2(C(=O)Nc3ccccc32)[C@@H]2C(=O)N(c3ccc4c(c3)OCCO4)C(=O)[C@H]12. The van der Waals surface area contributed by atoms with E-state index in [1.165, 1.54) is 0 Å². The fourth-order valence-electron chi connectivity index (χ4n) is 5.58. The summed E-state index contributed by atoms with van der Waals surface area (Å²) in [5.74, 6) is -3.09. The number of nitrogens with one attached hydrogen (secondary N) is 2. The number of carbonyl (C=O) groups excluding carboxylic acids is 4. The van der Waals surface area contributed by atoms with E-state index in [1.807, 2.05) is 0 Å². The van der Waals surface area contributed by atoms with E-state index in [1.54, 1.807) is 42.5 Å². The molecule has 2 fully saturated rings. The molecule has 4 amide bonds. The molecule has 33 heavy (non-hydrogen) atoms. The largest absolute Gasteiger partial charge is 0.486 e. The van der Waals surface area contributed by atoms with Crippen molar-refractivity contribution in [2.24, 2.45) is 17.6 Å². The first-order chi connectivity index (χ1) is 15.9. The number of nitrogens with zero attached hydrogens (tertiary/aromatic N) is 1. The van der Waals surface area contributed by atoms with Gasteiger partial charge in [0.15, 0.2) is 11.5 Å². The molecule has 168 valence electrons. The van der Waals surface area contributed by atoms with Crippen LogP contribution < -0.4 is 30.7 Å². The van der Waals surface area contributed by atoms with Crippen molar-refractivity contribution in [1.29, 1.82) is 0 Å². The molecule has 4 atom stereocenters. The molecular formula is C23H20N4O6. The highest BCUT2D eigenvalue weighted by Crippen LogP contribution is 2.54. The third-order valence-electron chi connectivity index (χ3n) is 6.83. The topological polar surface area (TPSA) is 140 Å². The monoisotopic (exact) mass is 448 g/mol. The molecule has 4 heterocycles. The smallest absolute Gasteiger partial charge is 0.250 e. The van der Waals surface area contributed by atoms with Crippen molar-refractivity contribution in [2.45, 2.75) is 18.0 Å². The molecule has 0 bridgehead atoms. The van der Waals surface area contributed by atoms with Gasteiger partial charge >= 0.3 is 0 Å². The number of hydrogen-bond acceptors (Lipinski definition) is 7. The Morgan fingerprint density at radius 1 is 1.06 bits per heavy atom. The van der Waals surface area contributed by atoms with Crippen LogP contribution in [0, 0.1) is 11.8 Å². The minimum absolute atomic E-state index is 0.188. The number of ether oxygens (including phenoxy) is 2. The lowest BCUT2D eigenvalue weighted by molar-refractivity contribution is -0.130. The third-order valence-corrected chi connectivity index (χ3v) is 6.83. The first kappa shape index (κ1) is 19.7. The number of anilines is 2. The molecule has 2 aromatic rings. The Morgan fingerprint density at radius 3 is 2.61 bits per heavy atom. The summed E-state index contributed by atoms with van der Waals surface area (Å²) in [6.07, 6.45) is -0.188. The number of para-hydroxylation sites is 1. The molecule has 0 saturated carbocycles. The summed E-state index contributed by atoms with van der Waals surface area (Å²) in [4.78, 5) is 53.6. The fraction of sp³-hybridized carbons (Fsp3) is 0.304. The number of fused-ring (bicyclic) bond motifs is 5. The van der Waals surface area contributed by atoms with Crippen molar-refractivity contribution < 1.29 is 28.7 Å². The van der Waals surface area contributed by atoms with E-state index in [0.29, 0.717) is 41.7 Å². The van der Waals surface area contributed by atoms with Crippen LogP contribution in [0.2, 0.25) is 0 Å². The number of hydrogen-bond donors (Lipinski definition) is 3. The first-order valence-electron chi connectivity index (χ1n) is 10.7. The Hall–Kier alpha value is -3.92. The maximum absolute atomic E-state index is 13.8. The van der Waals surface area contributed by atoms with Crippen molar-refractivity contribution in [2.75, 3.05) is 23.4 Å². The minimum Gasteiger partial charge on any atom is -0.486 e. The molecule has 0 radical (unpaired) electrons. The molecule has 2 saturated heterocycles. The first-order valence-corrected chi connectivity index (χ1v) is 10.7. The van der Waals surface area contributed by atoms with E-state index in [0.717, 1.165) is 4.90 Å². The van der Waals surface area contributed by atoms with Gasteiger partial charge in [-0.3, -0.25) is 24.5 Å². The molecule has 10 nitrogen and oxygen atoms in total. The molecule has 0 aromatic heterocycles. The molecule has 2 aromatic carbocycles. The number of nitrogens with two attached hydrogens (primary N) is 1. The summed E-state index contributed by atoms with van der Waals surface area (Å²) >= 11 is 0. The van der Waals surface area contributed by atoms with Crippen LogP contribution in [-0.4, -0.2) is 42.9 Å². The quantitative estimate of drug-likeness (QED) is 0.572. The Morgan fingerprint density at radius 2 is 1.82 bits per heavy atom. The zero-order valence-corrected chi connectivity index (χ0v) is 17.4. The van der Waals surface area contributed by atoms with Crippen LogP contribution in [0.15, 0.2) is 42.5 Å². The Labute approximate surface area is 188 Å².